The molecule has 0 radical (unpaired) electrons. The van der Waals surface area contributed by atoms with Crippen molar-refractivity contribution in [2.24, 2.45) is 0 Å². The highest BCUT2D eigenvalue weighted by Gasteiger charge is 2.11. The highest BCUT2D eigenvalue weighted by Crippen LogP contribution is 2.18. The Morgan fingerprint density at radius 3 is 1.09 bits per heavy atom. The molecule has 0 N–H and O–H groups in total. The van der Waals surface area contributed by atoms with Crippen LogP contribution in [0.25, 0.3) is 0 Å². The molecule has 194 valence electrons. The minimum atomic E-state index is -0.110. The van der Waals surface area contributed by atoms with Gasteiger partial charge < -0.3 is 4.74 Å². The average molecular weight is 463 g/mol. The summed E-state index contributed by atoms with van der Waals surface area (Å²) in [7, 11) is 0. The molecule has 0 atom stereocenters. The Morgan fingerprint density at radius 1 is 0.545 bits per heavy atom. The molecule has 0 saturated carbocycles. The first-order valence-electron chi connectivity index (χ1n) is 14.6. The highest BCUT2D eigenvalue weighted by atomic mass is 16.5. The molecule has 0 bridgehead atoms. The standard InChI is InChI=1S/C31H58O2/c1-4-6-8-10-12-14-16-18-20-22-24-26-28-31(33-30(3)32)29-27-25-23-21-19-17-15-13-11-9-7-5-2/h4-5,31H,1-2,6-29H2,3H3. The molecule has 0 unspecified atom stereocenters. The number of rotatable bonds is 27. The molecule has 0 aromatic carbocycles. The third kappa shape index (κ3) is 27.1. The van der Waals surface area contributed by atoms with Gasteiger partial charge in [-0.2, -0.15) is 0 Å². The number of hydrogen-bond acceptors (Lipinski definition) is 2. The maximum absolute atomic E-state index is 11.5. The predicted molar refractivity (Wildman–Crippen MR) is 147 cm³/mol. The van der Waals surface area contributed by atoms with Crippen molar-refractivity contribution in [2.75, 3.05) is 0 Å². The topological polar surface area (TPSA) is 26.3 Å². The van der Waals surface area contributed by atoms with E-state index in [0.29, 0.717) is 0 Å². The molecule has 2 heteroatoms. The summed E-state index contributed by atoms with van der Waals surface area (Å²) in [6.07, 6.45) is 35.4. The van der Waals surface area contributed by atoms with E-state index < -0.39 is 0 Å². The summed E-state index contributed by atoms with van der Waals surface area (Å²) in [5.74, 6) is -0.110. The van der Waals surface area contributed by atoms with Crippen molar-refractivity contribution in [1.82, 2.24) is 0 Å². The third-order valence-electron chi connectivity index (χ3n) is 6.70. The predicted octanol–water partition coefficient (Wildman–Crippen LogP) is 10.7. The largest absolute Gasteiger partial charge is 0.463 e. The van der Waals surface area contributed by atoms with E-state index in [9.17, 15) is 4.79 Å². The molecule has 0 aliphatic rings. The van der Waals surface area contributed by atoms with E-state index >= 15 is 0 Å². The molecule has 0 aromatic rings. The zero-order valence-corrected chi connectivity index (χ0v) is 22.4. The first-order valence-corrected chi connectivity index (χ1v) is 14.6. The van der Waals surface area contributed by atoms with Crippen LogP contribution in [0, 0.1) is 0 Å². The normalized spacial score (nSPS) is 11.1. The van der Waals surface area contributed by atoms with Crippen LogP contribution in [0.15, 0.2) is 25.3 Å². The van der Waals surface area contributed by atoms with Gasteiger partial charge in [0.1, 0.15) is 6.10 Å². The Balaban J connectivity index is 3.54. The van der Waals surface area contributed by atoms with Crippen LogP contribution in [0.4, 0.5) is 0 Å². The smallest absolute Gasteiger partial charge is 0.302 e. The monoisotopic (exact) mass is 462 g/mol. The molecule has 0 amide bonds. The number of unbranched alkanes of at least 4 members (excludes halogenated alkanes) is 20. The van der Waals surface area contributed by atoms with E-state index in [1.807, 2.05) is 12.2 Å². The van der Waals surface area contributed by atoms with Gasteiger partial charge in [-0.1, -0.05) is 115 Å². The second-order valence-corrected chi connectivity index (χ2v) is 10.0. The minimum Gasteiger partial charge on any atom is -0.463 e. The molecule has 0 aliphatic carbocycles. The summed E-state index contributed by atoms with van der Waals surface area (Å²) in [6, 6.07) is 0. The molecule has 0 aromatic heterocycles. The fourth-order valence-corrected chi connectivity index (χ4v) is 4.65. The van der Waals surface area contributed by atoms with E-state index in [1.54, 1.807) is 6.92 Å². The van der Waals surface area contributed by atoms with Gasteiger partial charge in [-0.3, -0.25) is 4.79 Å². The third-order valence-corrected chi connectivity index (χ3v) is 6.70. The van der Waals surface area contributed by atoms with Gasteiger partial charge in [0.2, 0.25) is 0 Å². The SMILES string of the molecule is C=CCCCCCCCCCCCCC(CCCCCCCCCCCCC=C)OC(C)=O. The number of allylic oxidation sites excluding steroid dienone is 2. The first kappa shape index (κ1) is 31.9. The van der Waals surface area contributed by atoms with Crippen LogP contribution in [-0.4, -0.2) is 12.1 Å². The molecule has 2 nitrogen and oxygen atoms in total. The summed E-state index contributed by atoms with van der Waals surface area (Å²) < 4.78 is 5.60. The lowest BCUT2D eigenvalue weighted by Crippen LogP contribution is -2.16. The van der Waals surface area contributed by atoms with Gasteiger partial charge in [0.15, 0.2) is 0 Å². The Kier molecular flexibility index (Phi) is 26.3. The quantitative estimate of drug-likeness (QED) is 0.0689. The number of carbonyl (C=O) groups is 1. The van der Waals surface area contributed by atoms with Crippen LogP contribution < -0.4 is 0 Å². The van der Waals surface area contributed by atoms with Crippen LogP contribution in [0.3, 0.4) is 0 Å². The van der Waals surface area contributed by atoms with Crippen LogP contribution in [0.1, 0.15) is 161 Å². The molecular formula is C31H58O2. The number of hydrogen-bond donors (Lipinski definition) is 0. The first-order chi connectivity index (χ1) is 16.2. The minimum absolute atomic E-state index is 0.110. The van der Waals surface area contributed by atoms with E-state index in [1.165, 1.54) is 141 Å². The molecular weight excluding hydrogens is 404 g/mol. The van der Waals surface area contributed by atoms with Gasteiger partial charge in [0, 0.05) is 6.92 Å². The maximum Gasteiger partial charge on any atom is 0.302 e. The van der Waals surface area contributed by atoms with E-state index in [2.05, 4.69) is 13.2 Å². The van der Waals surface area contributed by atoms with Crippen LogP contribution in [-0.2, 0) is 9.53 Å². The fourth-order valence-electron chi connectivity index (χ4n) is 4.65. The van der Waals surface area contributed by atoms with Crippen molar-refractivity contribution in [2.45, 2.75) is 167 Å². The van der Waals surface area contributed by atoms with Crippen molar-refractivity contribution in [1.29, 1.82) is 0 Å². The van der Waals surface area contributed by atoms with Crippen LogP contribution in [0.5, 0.6) is 0 Å². The average Bonchev–Trinajstić information content (AvgIpc) is 2.80. The highest BCUT2D eigenvalue weighted by molar-refractivity contribution is 5.66. The van der Waals surface area contributed by atoms with E-state index in [-0.39, 0.29) is 12.1 Å². The lowest BCUT2D eigenvalue weighted by Gasteiger charge is -2.17. The van der Waals surface area contributed by atoms with Gasteiger partial charge >= 0.3 is 5.97 Å². The summed E-state index contributed by atoms with van der Waals surface area (Å²) in [5.41, 5.74) is 0. The second-order valence-electron chi connectivity index (χ2n) is 10.0. The Hall–Kier alpha value is -1.05. The fraction of sp³-hybridized carbons (Fsp3) is 0.839. The van der Waals surface area contributed by atoms with E-state index in [4.69, 9.17) is 4.74 Å². The van der Waals surface area contributed by atoms with Crippen molar-refractivity contribution in [3.8, 4) is 0 Å². The van der Waals surface area contributed by atoms with Gasteiger partial charge in [0.05, 0.1) is 0 Å². The summed E-state index contributed by atoms with van der Waals surface area (Å²) in [4.78, 5) is 11.5. The van der Waals surface area contributed by atoms with Crippen molar-refractivity contribution in [3.05, 3.63) is 25.3 Å². The molecule has 0 rings (SSSR count). The van der Waals surface area contributed by atoms with Gasteiger partial charge in [-0.25, -0.2) is 0 Å². The van der Waals surface area contributed by atoms with Crippen molar-refractivity contribution in [3.63, 3.8) is 0 Å². The zero-order chi connectivity index (χ0) is 24.2. The Morgan fingerprint density at radius 2 is 0.818 bits per heavy atom. The summed E-state index contributed by atoms with van der Waals surface area (Å²) in [6.45, 7) is 9.12. The lowest BCUT2D eigenvalue weighted by molar-refractivity contribution is -0.147. The number of ether oxygens (including phenoxy) is 1. The summed E-state index contributed by atoms with van der Waals surface area (Å²) in [5, 5.41) is 0. The Labute approximate surface area is 208 Å². The molecule has 0 saturated heterocycles. The van der Waals surface area contributed by atoms with Crippen LogP contribution in [0.2, 0.25) is 0 Å². The zero-order valence-electron chi connectivity index (χ0n) is 22.4. The molecule has 33 heavy (non-hydrogen) atoms. The molecule has 0 fully saturated rings. The second kappa shape index (κ2) is 27.2. The number of esters is 1. The van der Waals surface area contributed by atoms with Gasteiger partial charge in [0.25, 0.3) is 0 Å². The molecule has 0 aliphatic heterocycles. The van der Waals surface area contributed by atoms with Gasteiger partial charge in [-0.15, -0.1) is 13.2 Å². The lowest BCUT2D eigenvalue weighted by atomic mass is 10.0. The Bertz CT molecular complexity index is 397. The van der Waals surface area contributed by atoms with Gasteiger partial charge in [-0.05, 0) is 51.4 Å². The van der Waals surface area contributed by atoms with Crippen LogP contribution >= 0.6 is 0 Å². The number of carbonyl (C=O) groups excluding carboxylic acids is 1. The van der Waals surface area contributed by atoms with Crippen molar-refractivity contribution >= 4 is 5.97 Å². The van der Waals surface area contributed by atoms with E-state index in [0.717, 1.165) is 12.8 Å². The molecule has 0 heterocycles. The van der Waals surface area contributed by atoms with Crippen molar-refractivity contribution < 1.29 is 9.53 Å². The molecule has 0 spiro atoms. The summed E-state index contributed by atoms with van der Waals surface area (Å²) >= 11 is 0. The maximum atomic E-state index is 11.5.